The molecule has 1 atom stereocenters. The molecular weight excluding hydrogens is 331 g/mol. The summed E-state index contributed by atoms with van der Waals surface area (Å²) in [6.45, 7) is 0. The number of rotatable bonds is 5. The van der Waals surface area contributed by atoms with Gasteiger partial charge in [0.15, 0.2) is 0 Å². The molecule has 19 heavy (non-hydrogen) atoms. The van der Waals surface area contributed by atoms with Gasteiger partial charge in [-0.05, 0) is 34.1 Å². The van der Waals surface area contributed by atoms with Gasteiger partial charge in [0.25, 0.3) is 5.91 Å². The molecule has 1 aromatic carbocycles. The zero-order valence-electron chi connectivity index (χ0n) is 9.37. The van der Waals surface area contributed by atoms with E-state index in [2.05, 4.69) is 15.9 Å². The summed E-state index contributed by atoms with van der Waals surface area (Å²) < 4.78 is 37.6. The van der Waals surface area contributed by atoms with Crippen molar-refractivity contribution in [3.05, 3.63) is 34.1 Å². The normalized spacial score (nSPS) is 12.3. The van der Waals surface area contributed by atoms with E-state index < -0.39 is 36.6 Å². The van der Waals surface area contributed by atoms with E-state index in [9.17, 15) is 22.8 Å². The predicted octanol–water partition coefficient (Wildman–Crippen LogP) is 2.43. The number of hydrogen-bond acceptors (Lipinski definition) is 2. The van der Waals surface area contributed by atoms with Crippen molar-refractivity contribution >= 4 is 27.8 Å². The fraction of sp³-hybridized carbons (Fsp3) is 0.273. The van der Waals surface area contributed by atoms with Crippen LogP contribution in [0, 0.1) is 5.82 Å². The molecule has 4 nitrogen and oxygen atoms in total. The van der Waals surface area contributed by atoms with Crippen molar-refractivity contribution in [3.63, 3.8) is 0 Å². The summed E-state index contributed by atoms with van der Waals surface area (Å²) in [6.07, 6.45) is -3.89. The lowest BCUT2D eigenvalue weighted by Crippen LogP contribution is -2.42. The second-order valence-electron chi connectivity index (χ2n) is 3.62. The summed E-state index contributed by atoms with van der Waals surface area (Å²) in [5.74, 6) is -3.22. The minimum atomic E-state index is -2.87. The summed E-state index contributed by atoms with van der Waals surface area (Å²) in [6, 6.07) is 1.65. The molecule has 1 aromatic rings. The lowest BCUT2D eigenvalue weighted by atomic mass is 10.1. The maximum Gasteiger partial charge on any atom is 0.326 e. The number of carboxylic acids is 1. The standard InChI is InChI=1S/C11H9BrF3NO3/c12-6-2-1-5(3-7(6)13)10(17)16-8(11(18)19)4-9(14)15/h1-3,8-9H,4H2,(H,16,17)(H,18,19). The monoisotopic (exact) mass is 339 g/mol. The number of alkyl halides is 2. The SMILES string of the molecule is O=C(NC(CC(F)F)C(=O)O)c1ccc(Br)c(F)c1. The average molecular weight is 340 g/mol. The number of aliphatic carboxylic acids is 1. The number of nitrogens with one attached hydrogen (secondary N) is 1. The fourth-order valence-corrected chi connectivity index (χ4v) is 1.53. The van der Waals surface area contributed by atoms with Crippen LogP contribution in [0.1, 0.15) is 16.8 Å². The number of halogens is 4. The molecule has 0 saturated carbocycles. The number of benzene rings is 1. The molecule has 0 bridgehead atoms. The van der Waals surface area contributed by atoms with E-state index in [1.54, 1.807) is 0 Å². The minimum absolute atomic E-state index is 0.131. The Kier molecular flexibility index (Phi) is 5.34. The number of carbonyl (C=O) groups is 2. The highest BCUT2D eigenvalue weighted by Gasteiger charge is 2.24. The van der Waals surface area contributed by atoms with Gasteiger partial charge < -0.3 is 10.4 Å². The third-order valence-electron chi connectivity index (χ3n) is 2.20. The van der Waals surface area contributed by atoms with Gasteiger partial charge in [-0.2, -0.15) is 0 Å². The van der Waals surface area contributed by atoms with Crippen LogP contribution in [0.3, 0.4) is 0 Å². The van der Waals surface area contributed by atoms with Crippen LogP contribution in [0.2, 0.25) is 0 Å². The van der Waals surface area contributed by atoms with Crippen molar-refractivity contribution < 1.29 is 27.9 Å². The van der Waals surface area contributed by atoms with E-state index in [1.807, 2.05) is 5.32 Å². The zero-order valence-corrected chi connectivity index (χ0v) is 11.0. The second kappa shape index (κ2) is 6.55. The Bertz CT molecular complexity index is 496. The summed E-state index contributed by atoms with van der Waals surface area (Å²) in [5.41, 5.74) is -0.152. The Labute approximate surface area is 114 Å². The van der Waals surface area contributed by atoms with Gasteiger partial charge >= 0.3 is 5.97 Å². The van der Waals surface area contributed by atoms with Crippen molar-refractivity contribution in [3.8, 4) is 0 Å². The van der Waals surface area contributed by atoms with Crippen LogP contribution < -0.4 is 5.32 Å². The van der Waals surface area contributed by atoms with Crippen molar-refractivity contribution in [2.75, 3.05) is 0 Å². The highest BCUT2D eigenvalue weighted by molar-refractivity contribution is 9.10. The Morgan fingerprint density at radius 1 is 1.37 bits per heavy atom. The van der Waals surface area contributed by atoms with Gasteiger partial charge in [0, 0.05) is 12.0 Å². The molecule has 0 aliphatic rings. The molecule has 0 saturated heterocycles. The van der Waals surface area contributed by atoms with Gasteiger partial charge in [-0.25, -0.2) is 18.0 Å². The molecule has 2 N–H and O–H groups in total. The Balaban J connectivity index is 2.81. The first kappa shape index (κ1) is 15.5. The largest absolute Gasteiger partial charge is 0.480 e. The van der Waals surface area contributed by atoms with Crippen LogP contribution in [0.15, 0.2) is 22.7 Å². The van der Waals surface area contributed by atoms with Crippen LogP contribution in [0.5, 0.6) is 0 Å². The number of hydrogen-bond donors (Lipinski definition) is 2. The zero-order chi connectivity index (χ0) is 14.6. The Morgan fingerprint density at radius 2 is 2.00 bits per heavy atom. The molecule has 0 spiro atoms. The molecule has 0 aromatic heterocycles. The minimum Gasteiger partial charge on any atom is -0.480 e. The van der Waals surface area contributed by atoms with Crippen LogP contribution >= 0.6 is 15.9 Å². The third kappa shape index (κ3) is 4.55. The Morgan fingerprint density at radius 3 is 2.47 bits per heavy atom. The predicted molar refractivity (Wildman–Crippen MR) is 63.6 cm³/mol. The number of carbonyl (C=O) groups excluding carboxylic acids is 1. The molecule has 0 aliphatic heterocycles. The second-order valence-corrected chi connectivity index (χ2v) is 4.47. The van der Waals surface area contributed by atoms with E-state index in [4.69, 9.17) is 5.11 Å². The quantitative estimate of drug-likeness (QED) is 0.865. The molecule has 0 heterocycles. The molecule has 8 heteroatoms. The first-order valence-electron chi connectivity index (χ1n) is 5.08. The van der Waals surface area contributed by atoms with Gasteiger partial charge in [0.2, 0.25) is 6.43 Å². The highest BCUT2D eigenvalue weighted by Crippen LogP contribution is 2.16. The summed E-state index contributed by atoms with van der Waals surface area (Å²) in [7, 11) is 0. The lowest BCUT2D eigenvalue weighted by molar-refractivity contribution is -0.140. The van der Waals surface area contributed by atoms with E-state index in [-0.39, 0.29) is 10.0 Å². The molecule has 0 aliphatic carbocycles. The molecule has 104 valence electrons. The van der Waals surface area contributed by atoms with Crippen molar-refractivity contribution in [2.45, 2.75) is 18.9 Å². The topological polar surface area (TPSA) is 66.4 Å². The molecular formula is C11H9BrF3NO3. The van der Waals surface area contributed by atoms with Gasteiger partial charge in [-0.15, -0.1) is 0 Å². The van der Waals surface area contributed by atoms with Crippen molar-refractivity contribution in [1.29, 1.82) is 0 Å². The fourth-order valence-electron chi connectivity index (χ4n) is 1.28. The first-order chi connectivity index (χ1) is 8.81. The average Bonchev–Trinajstić information content (AvgIpc) is 2.31. The van der Waals surface area contributed by atoms with E-state index in [0.29, 0.717) is 0 Å². The van der Waals surface area contributed by atoms with Gasteiger partial charge in [0.1, 0.15) is 11.9 Å². The number of carboxylic acid groups (broad SMARTS) is 1. The van der Waals surface area contributed by atoms with Crippen molar-refractivity contribution in [2.24, 2.45) is 0 Å². The Hall–Kier alpha value is -1.57. The smallest absolute Gasteiger partial charge is 0.326 e. The van der Waals surface area contributed by atoms with E-state index in [0.717, 1.165) is 6.07 Å². The summed E-state index contributed by atoms with van der Waals surface area (Å²) >= 11 is 2.89. The van der Waals surface area contributed by atoms with Gasteiger partial charge in [0.05, 0.1) is 4.47 Å². The van der Waals surface area contributed by atoms with Crippen LogP contribution in [0.25, 0.3) is 0 Å². The molecule has 1 unspecified atom stereocenters. The van der Waals surface area contributed by atoms with Crippen LogP contribution in [0.4, 0.5) is 13.2 Å². The molecule has 0 radical (unpaired) electrons. The maximum atomic E-state index is 13.2. The van der Waals surface area contributed by atoms with E-state index >= 15 is 0 Å². The molecule has 1 amide bonds. The molecule has 0 fully saturated rings. The van der Waals surface area contributed by atoms with Crippen LogP contribution in [-0.4, -0.2) is 29.5 Å². The third-order valence-corrected chi connectivity index (χ3v) is 2.84. The first-order valence-corrected chi connectivity index (χ1v) is 5.87. The number of amides is 1. The molecule has 1 rings (SSSR count). The summed E-state index contributed by atoms with van der Waals surface area (Å²) in [4.78, 5) is 22.3. The van der Waals surface area contributed by atoms with Crippen LogP contribution in [-0.2, 0) is 4.79 Å². The van der Waals surface area contributed by atoms with E-state index in [1.165, 1.54) is 12.1 Å². The summed E-state index contributed by atoms with van der Waals surface area (Å²) in [5, 5.41) is 10.6. The maximum absolute atomic E-state index is 13.2. The van der Waals surface area contributed by atoms with Crippen molar-refractivity contribution in [1.82, 2.24) is 5.32 Å². The van der Waals surface area contributed by atoms with Gasteiger partial charge in [-0.3, -0.25) is 4.79 Å². The van der Waals surface area contributed by atoms with Gasteiger partial charge in [-0.1, -0.05) is 0 Å². The lowest BCUT2D eigenvalue weighted by Gasteiger charge is -2.14. The highest BCUT2D eigenvalue weighted by atomic mass is 79.9.